The van der Waals surface area contributed by atoms with Crippen LogP contribution in [0.5, 0.6) is 23.0 Å². The van der Waals surface area contributed by atoms with Crippen LogP contribution in [0.15, 0.2) is 109 Å². The van der Waals surface area contributed by atoms with Crippen LogP contribution in [0.25, 0.3) is 77.2 Å². The molecule has 0 unspecified atom stereocenters. The molecule has 10 aromatic rings. The maximum atomic E-state index is 16.5. The first-order valence-electron chi connectivity index (χ1n) is 35.7. The molecule has 2 aromatic heterocycles. The molecule has 0 saturated heterocycles. The summed E-state index contributed by atoms with van der Waals surface area (Å²) in [6.45, 7) is 53.8. The topological polar surface area (TPSA) is 68.8 Å². The Hall–Kier alpha value is -6.71. The molecule has 8 aromatic carbocycles. The number of phenolic OH excluding ortho intramolecular Hbond substituents is 2. The van der Waals surface area contributed by atoms with E-state index in [0.717, 1.165) is 104 Å². The molecule has 1 aliphatic rings. The molecular weight excluding hydrogens is 1400 g/mol. The second-order valence-electron chi connectivity index (χ2n) is 36.1. The summed E-state index contributed by atoms with van der Waals surface area (Å²) in [4.78, 5) is 0. The molecule has 0 spiro atoms. The Balaban J connectivity index is 0.00000424. The van der Waals surface area contributed by atoms with Crippen LogP contribution in [0.1, 0.15) is 226 Å². The third-order valence-electron chi connectivity index (χ3n) is 21.3. The van der Waals surface area contributed by atoms with Crippen molar-refractivity contribution in [3.8, 4) is 56.6 Å². The van der Waals surface area contributed by atoms with Gasteiger partial charge in [-0.3, -0.25) is 0 Å². The number of aryl methyl sites for hydroxylation is 5. The van der Waals surface area contributed by atoms with Crippen molar-refractivity contribution >= 4 is 43.6 Å². The quantitative estimate of drug-likeness (QED) is 0.0841. The van der Waals surface area contributed by atoms with E-state index >= 15 is 8.78 Å². The van der Waals surface area contributed by atoms with E-state index in [9.17, 15) is 10.2 Å². The van der Waals surface area contributed by atoms with Crippen LogP contribution in [0.4, 0.5) is 8.78 Å². The van der Waals surface area contributed by atoms with Crippen molar-refractivity contribution in [1.29, 1.82) is 0 Å². The summed E-state index contributed by atoms with van der Waals surface area (Å²) in [6.07, 6.45) is 5.48. The van der Waals surface area contributed by atoms with Crippen molar-refractivity contribution < 1.29 is 54.3 Å². The van der Waals surface area contributed by atoms with Gasteiger partial charge in [-0.25, -0.2) is 8.78 Å². The average Bonchev–Trinajstić information content (AvgIpc) is 1.54. The maximum absolute atomic E-state index is 16.5. The number of ether oxygens (including phenoxy) is 2. The first kappa shape index (κ1) is 79.0. The molecule has 0 radical (unpaired) electrons. The Morgan fingerprint density at radius 2 is 0.800 bits per heavy atom. The number of hydrogen-bond acceptors (Lipinski definition) is 4. The van der Waals surface area contributed by atoms with Crippen LogP contribution in [-0.2, 0) is 52.9 Å². The van der Waals surface area contributed by atoms with Gasteiger partial charge in [-0.15, -0.1) is 0 Å². The van der Waals surface area contributed by atoms with E-state index in [0.29, 0.717) is 69.5 Å². The van der Waals surface area contributed by atoms with Gasteiger partial charge in [0.25, 0.3) is 0 Å². The van der Waals surface area contributed by atoms with Gasteiger partial charge in [0.1, 0.15) is 34.6 Å². The standard InChI is InChI=1S/C89H110F2N2O4.2CH3.Hf/c1-51-29-32-67-77-52(2)35-60(87(18,19)20)42-74(77)93(78(67)55(51)5)76-44-62(89(23,24)50-84(9,10)11)39-69(80(76)95)71-46-64(91)37-54(4)82(71)97-48-57-28-26-25-27-56(57)47-96-81-53(3)36-63(90)45-70(81)68-38-61(88(21,22)49-83(6,7)8)43-75(79(68)94)92-72-40-58(85(12,13)14)30-33-65(72)66-34-31-59(41-73(66)92)86(15,16)17;;;/h29-46,56-57,94-95H,25-28,47-50H2,1-24H3;2*1H3;/q;2*-1;/t56-,57-;;;/m0.../s1. The van der Waals surface area contributed by atoms with E-state index in [1.54, 1.807) is 6.07 Å². The molecule has 2 N–H and O–H groups in total. The predicted molar refractivity (Wildman–Crippen MR) is 419 cm³/mol. The van der Waals surface area contributed by atoms with E-state index in [2.05, 4.69) is 246 Å². The molecule has 9 heteroatoms. The van der Waals surface area contributed by atoms with E-state index in [1.165, 1.54) is 40.5 Å². The molecule has 0 amide bonds. The Morgan fingerprint density at radius 3 is 1.20 bits per heavy atom. The molecule has 1 aliphatic carbocycles. The summed E-state index contributed by atoms with van der Waals surface area (Å²) in [6, 6.07) is 37.2. The van der Waals surface area contributed by atoms with E-state index in [1.807, 2.05) is 13.8 Å². The molecule has 100 heavy (non-hydrogen) atoms. The Kier molecular flexibility index (Phi) is 22.2. The maximum Gasteiger partial charge on any atom is 0.147 e. The third-order valence-corrected chi connectivity index (χ3v) is 21.3. The monoisotopic (exact) mass is 1520 g/mol. The summed E-state index contributed by atoms with van der Waals surface area (Å²) in [7, 11) is 0. The van der Waals surface area contributed by atoms with Crippen LogP contribution in [0.2, 0.25) is 0 Å². The number of hydrogen-bond donors (Lipinski definition) is 2. The minimum Gasteiger partial charge on any atom is -0.505 e. The molecule has 6 nitrogen and oxygen atoms in total. The van der Waals surface area contributed by atoms with Crippen molar-refractivity contribution in [3.63, 3.8) is 0 Å². The van der Waals surface area contributed by atoms with Gasteiger partial charge in [0, 0.05) is 69.6 Å². The number of nitrogens with zero attached hydrogens (tertiary/aromatic N) is 2. The minimum atomic E-state index is -0.414. The first-order valence-corrected chi connectivity index (χ1v) is 35.7. The number of rotatable bonds is 14. The Morgan fingerprint density at radius 1 is 0.410 bits per heavy atom. The number of phenols is 2. The zero-order valence-electron chi connectivity index (χ0n) is 65.6. The summed E-state index contributed by atoms with van der Waals surface area (Å²) < 4.78 is 51.9. The van der Waals surface area contributed by atoms with Gasteiger partial charge in [0.2, 0.25) is 0 Å². The van der Waals surface area contributed by atoms with Crippen molar-refractivity contribution in [3.05, 3.63) is 191 Å². The fourth-order valence-electron chi connectivity index (χ4n) is 16.6. The van der Waals surface area contributed by atoms with Crippen molar-refractivity contribution in [2.45, 2.75) is 232 Å². The zero-order valence-corrected chi connectivity index (χ0v) is 69.2. The largest absolute Gasteiger partial charge is 0.505 e. The fraction of sp³-hybridized carbons (Fsp3) is 0.451. The minimum absolute atomic E-state index is 0. The summed E-state index contributed by atoms with van der Waals surface area (Å²) >= 11 is 0. The molecule has 1 fully saturated rings. The van der Waals surface area contributed by atoms with Crippen LogP contribution in [0, 0.1) is 83.8 Å². The fourth-order valence-corrected chi connectivity index (χ4v) is 16.6. The van der Waals surface area contributed by atoms with Gasteiger partial charge in [-0.2, -0.15) is 0 Å². The Labute approximate surface area is 618 Å². The van der Waals surface area contributed by atoms with Gasteiger partial charge >= 0.3 is 0 Å². The first-order chi connectivity index (χ1) is 44.9. The van der Waals surface area contributed by atoms with Crippen molar-refractivity contribution in [2.24, 2.45) is 22.7 Å². The number of fused-ring (bicyclic) bond motifs is 6. The second kappa shape index (κ2) is 28.2. The number of aromatic nitrogens is 2. The van der Waals surface area contributed by atoms with Crippen molar-refractivity contribution in [2.75, 3.05) is 13.2 Å². The smallest absolute Gasteiger partial charge is 0.147 e. The Bertz CT molecular complexity index is 4660. The zero-order chi connectivity index (χ0) is 70.9. The van der Waals surface area contributed by atoms with Crippen molar-refractivity contribution in [1.82, 2.24) is 9.13 Å². The molecule has 534 valence electrons. The van der Waals surface area contributed by atoms with Crippen LogP contribution in [-0.4, -0.2) is 32.6 Å². The van der Waals surface area contributed by atoms with Gasteiger partial charge < -0.3 is 43.7 Å². The van der Waals surface area contributed by atoms with Gasteiger partial charge in [-0.1, -0.05) is 187 Å². The van der Waals surface area contributed by atoms with Crippen LogP contribution in [0.3, 0.4) is 0 Å². The van der Waals surface area contributed by atoms with Gasteiger partial charge in [0.15, 0.2) is 0 Å². The SMILES string of the molecule is Cc1cc(F)cc(-c2cc(C(C)(C)CC(C)(C)C)cc(-n3c4cc(C(C)(C)C)ccc4c4ccc(C(C)(C)C)cc43)c2O)c1OC[C@@H]1CCCC[C@H]1COc1c(C)cc(F)cc1-c1cc(C(C)(C)CC(C)(C)C)cc(-n2c3cc(C(C)(C)C)cc(C)c3c3ccc(C)c(C)c32)c1O.[CH3-].[CH3-].[Hf]. The van der Waals surface area contributed by atoms with E-state index in [-0.39, 0.29) is 102 Å². The molecular formula is C91H116F2HfN2O4-2. The average molecular weight is 1520 g/mol. The summed E-state index contributed by atoms with van der Waals surface area (Å²) in [5.41, 5.74) is 16.4. The predicted octanol–water partition coefficient (Wildman–Crippen LogP) is 25.9. The molecule has 1 saturated carbocycles. The van der Waals surface area contributed by atoms with Crippen LogP contribution < -0.4 is 9.47 Å². The third kappa shape index (κ3) is 15.5. The molecule has 11 rings (SSSR count). The van der Waals surface area contributed by atoms with E-state index in [4.69, 9.17) is 9.47 Å². The van der Waals surface area contributed by atoms with Crippen LogP contribution >= 0.6 is 0 Å². The van der Waals surface area contributed by atoms with Gasteiger partial charge in [-0.05, 0) is 232 Å². The number of aromatic hydroxyl groups is 2. The molecule has 0 bridgehead atoms. The second-order valence-corrected chi connectivity index (χ2v) is 36.1. The summed E-state index contributed by atoms with van der Waals surface area (Å²) in [5.74, 6) is 0.407. The summed E-state index contributed by atoms with van der Waals surface area (Å²) in [5, 5.41) is 31.2. The molecule has 2 heterocycles. The number of halogens is 2. The van der Waals surface area contributed by atoms with Gasteiger partial charge in [0.05, 0.1) is 46.7 Å². The van der Waals surface area contributed by atoms with E-state index < -0.39 is 11.6 Å². The molecule has 2 atom stereocenters. The normalized spacial score (nSPS) is 15.1. The number of benzene rings is 8. The molecule has 0 aliphatic heterocycles.